The number of nitrogens with zero attached hydrogens (tertiary/aromatic N) is 1. The van der Waals surface area contributed by atoms with Gasteiger partial charge in [-0.1, -0.05) is 6.92 Å². The van der Waals surface area contributed by atoms with Gasteiger partial charge in [-0.15, -0.1) is 0 Å². The highest BCUT2D eigenvalue weighted by molar-refractivity contribution is 5.06. The second kappa shape index (κ2) is 7.59. The van der Waals surface area contributed by atoms with E-state index in [1.165, 1.54) is 0 Å². The van der Waals surface area contributed by atoms with Crippen LogP contribution >= 0.6 is 0 Å². The van der Waals surface area contributed by atoms with Crippen molar-refractivity contribution in [2.75, 3.05) is 13.2 Å². The van der Waals surface area contributed by atoms with Crippen molar-refractivity contribution in [3.8, 4) is 6.07 Å². The molecule has 0 rings (SSSR count). The summed E-state index contributed by atoms with van der Waals surface area (Å²) >= 11 is 0. The number of halogens is 3. The predicted molar refractivity (Wildman–Crippen MR) is 63.0 cm³/mol. The van der Waals surface area contributed by atoms with Crippen LogP contribution in [0.15, 0.2) is 0 Å². The van der Waals surface area contributed by atoms with Crippen molar-refractivity contribution in [3.05, 3.63) is 0 Å². The van der Waals surface area contributed by atoms with E-state index in [4.69, 9.17) is 0 Å². The second-order valence-electron chi connectivity index (χ2n) is 4.62. The van der Waals surface area contributed by atoms with Gasteiger partial charge in [0.2, 0.25) is 0 Å². The summed E-state index contributed by atoms with van der Waals surface area (Å²) in [6.45, 7) is 4.54. The molecule has 3 nitrogen and oxygen atoms in total. The van der Waals surface area contributed by atoms with Crippen LogP contribution in [0.4, 0.5) is 13.2 Å². The molecule has 0 heterocycles. The maximum atomic E-state index is 11.8. The van der Waals surface area contributed by atoms with E-state index < -0.39 is 18.3 Å². The maximum Gasteiger partial charge on any atom is 0.411 e. The normalized spacial score (nSPS) is 15.4. The van der Waals surface area contributed by atoms with Gasteiger partial charge in [0.1, 0.15) is 12.1 Å². The zero-order chi connectivity index (χ0) is 14.2. The Balaban J connectivity index is 4.03. The molecule has 1 unspecified atom stereocenters. The third-order valence-corrected chi connectivity index (χ3v) is 2.54. The molecule has 0 aromatic heterocycles. The van der Waals surface area contributed by atoms with Crippen LogP contribution < -0.4 is 5.32 Å². The maximum absolute atomic E-state index is 11.8. The number of hydrogen-bond donors (Lipinski definition) is 1. The Hall–Kier alpha value is -0.800. The third-order valence-electron chi connectivity index (χ3n) is 2.54. The predicted octanol–water partition coefficient (Wildman–Crippen LogP) is 3.02. The summed E-state index contributed by atoms with van der Waals surface area (Å²) in [4.78, 5) is 0. The summed E-state index contributed by atoms with van der Waals surface area (Å²) in [5, 5.41) is 12.3. The minimum absolute atomic E-state index is 0.0166. The SMILES string of the molecule is CCC(C#N)(CCCOCC(F)(F)F)NC(C)C. The summed E-state index contributed by atoms with van der Waals surface area (Å²) in [7, 11) is 0. The summed E-state index contributed by atoms with van der Waals surface area (Å²) in [6, 6.07) is 2.37. The molecule has 0 aromatic rings. The molecule has 0 aliphatic rings. The Bertz CT molecular complexity index is 273. The number of ether oxygens (including phenoxy) is 1. The zero-order valence-electron chi connectivity index (χ0n) is 11.1. The first-order chi connectivity index (χ1) is 8.24. The highest BCUT2D eigenvalue weighted by atomic mass is 19.4. The molecule has 0 spiro atoms. The molecule has 0 saturated carbocycles. The third kappa shape index (κ3) is 7.51. The Kier molecular flexibility index (Phi) is 7.26. The van der Waals surface area contributed by atoms with Gasteiger partial charge in [-0.25, -0.2) is 0 Å². The number of nitrogens with one attached hydrogen (secondary N) is 1. The van der Waals surface area contributed by atoms with Gasteiger partial charge in [-0.05, 0) is 33.1 Å². The van der Waals surface area contributed by atoms with E-state index in [2.05, 4.69) is 16.1 Å². The topological polar surface area (TPSA) is 45.0 Å². The molecule has 0 aliphatic carbocycles. The first-order valence-electron chi connectivity index (χ1n) is 6.08. The van der Waals surface area contributed by atoms with E-state index >= 15 is 0 Å². The Morgan fingerprint density at radius 3 is 2.33 bits per heavy atom. The average Bonchev–Trinajstić information content (AvgIpc) is 2.25. The fourth-order valence-electron chi connectivity index (χ4n) is 1.73. The van der Waals surface area contributed by atoms with Crippen LogP contribution in [0, 0.1) is 11.3 Å². The first kappa shape index (κ1) is 17.2. The van der Waals surface area contributed by atoms with Crippen molar-refractivity contribution in [2.45, 2.75) is 57.8 Å². The van der Waals surface area contributed by atoms with Crippen molar-refractivity contribution in [2.24, 2.45) is 0 Å². The van der Waals surface area contributed by atoms with Gasteiger partial charge in [-0.2, -0.15) is 18.4 Å². The lowest BCUT2D eigenvalue weighted by molar-refractivity contribution is -0.174. The first-order valence-corrected chi connectivity index (χ1v) is 6.08. The number of nitriles is 1. The largest absolute Gasteiger partial charge is 0.411 e. The Morgan fingerprint density at radius 2 is 1.94 bits per heavy atom. The molecule has 1 atom stereocenters. The van der Waals surface area contributed by atoms with E-state index in [9.17, 15) is 18.4 Å². The molecular formula is C12H21F3N2O. The van der Waals surface area contributed by atoms with Crippen LogP contribution in [0.1, 0.15) is 40.0 Å². The van der Waals surface area contributed by atoms with Gasteiger partial charge in [0.05, 0.1) is 6.07 Å². The molecule has 0 fully saturated rings. The molecule has 18 heavy (non-hydrogen) atoms. The average molecular weight is 266 g/mol. The van der Waals surface area contributed by atoms with Crippen molar-refractivity contribution in [1.82, 2.24) is 5.32 Å². The van der Waals surface area contributed by atoms with Crippen molar-refractivity contribution in [3.63, 3.8) is 0 Å². The van der Waals surface area contributed by atoms with Crippen molar-refractivity contribution in [1.29, 1.82) is 5.26 Å². The number of alkyl halides is 3. The summed E-state index contributed by atoms with van der Waals surface area (Å²) in [6.07, 6.45) is -2.76. The highest BCUT2D eigenvalue weighted by Crippen LogP contribution is 2.19. The van der Waals surface area contributed by atoms with E-state index in [1.807, 2.05) is 20.8 Å². The molecule has 106 valence electrons. The van der Waals surface area contributed by atoms with E-state index in [1.54, 1.807) is 0 Å². The lowest BCUT2D eigenvalue weighted by Gasteiger charge is -2.29. The fraction of sp³-hybridized carbons (Fsp3) is 0.917. The quantitative estimate of drug-likeness (QED) is 0.687. The molecular weight excluding hydrogens is 245 g/mol. The van der Waals surface area contributed by atoms with Gasteiger partial charge in [0.25, 0.3) is 0 Å². The number of hydrogen-bond acceptors (Lipinski definition) is 3. The minimum atomic E-state index is -4.28. The molecule has 0 radical (unpaired) electrons. The summed E-state index contributed by atoms with van der Waals surface area (Å²) in [5.41, 5.74) is -0.671. The second-order valence-corrected chi connectivity index (χ2v) is 4.62. The Labute approximate surface area is 106 Å². The minimum Gasteiger partial charge on any atom is -0.372 e. The number of rotatable bonds is 8. The summed E-state index contributed by atoms with van der Waals surface area (Å²) < 4.78 is 40.0. The van der Waals surface area contributed by atoms with Gasteiger partial charge in [0.15, 0.2) is 0 Å². The molecule has 0 amide bonds. The van der Waals surface area contributed by atoms with Gasteiger partial charge in [-0.3, -0.25) is 5.32 Å². The van der Waals surface area contributed by atoms with Gasteiger partial charge < -0.3 is 4.74 Å². The van der Waals surface area contributed by atoms with Crippen LogP contribution in [0.5, 0.6) is 0 Å². The van der Waals surface area contributed by atoms with Gasteiger partial charge >= 0.3 is 6.18 Å². The van der Waals surface area contributed by atoms with Crippen LogP contribution in [0.3, 0.4) is 0 Å². The van der Waals surface area contributed by atoms with E-state index in [0.29, 0.717) is 19.3 Å². The summed E-state index contributed by atoms with van der Waals surface area (Å²) in [5.74, 6) is 0. The molecule has 0 aromatic carbocycles. The molecule has 6 heteroatoms. The molecule has 0 aliphatic heterocycles. The van der Waals surface area contributed by atoms with Crippen LogP contribution in [-0.2, 0) is 4.74 Å². The van der Waals surface area contributed by atoms with E-state index in [-0.39, 0.29) is 12.6 Å². The molecule has 1 N–H and O–H groups in total. The highest BCUT2D eigenvalue weighted by Gasteiger charge is 2.29. The lowest BCUT2D eigenvalue weighted by Crippen LogP contribution is -2.47. The van der Waals surface area contributed by atoms with Crippen LogP contribution in [0.25, 0.3) is 0 Å². The molecule has 0 bridgehead atoms. The standard InChI is InChI=1S/C12H21F3N2O/c1-4-11(8-16,17-10(2)3)6-5-7-18-9-12(13,14)15/h10,17H,4-7,9H2,1-3H3. The monoisotopic (exact) mass is 266 g/mol. The smallest absolute Gasteiger partial charge is 0.372 e. The Morgan fingerprint density at radius 1 is 1.33 bits per heavy atom. The van der Waals surface area contributed by atoms with Crippen LogP contribution in [-0.4, -0.2) is 31.0 Å². The lowest BCUT2D eigenvalue weighted by atomic mass is 9.91. The molecule has 0 saturated heterocycles. The zero-order valence-corrected chi connectivity index (χ0v) is 11.1. The van der Waals surface area contributed by atoms with Crippen LogP contribution in [0.2, 0.25) is 0 Å². The fourth-order valence-corrected chi connectivity index (χ4v) is 1.73. The van der Waals surface area contributed by atoms with Gasteiger partial charge in [0, 0.05) is 12.6 Å². The van der Waals surface area contributed by atoms with Crippen molar-refractivity contribution < 1.29 is 17.9 Å². The van der Waals surface area contributed by atoms with Crippen molar-refractivity contribution >= 4 is 0 Å². The van der Waals surface area contributed by atoms with E-state index in [0.717, 1.165) is 0 Å².